The number of amides is 1. The fourth-order valence-corrected chi connectivity index (χ4v) is 5.55. The molecule has 5 rings (SSSR count). The molecule has 2 aromatic heterocycles. The number of piperidine rings is 1. The topological polar surface area (TPSA) is 106 Å². The molecule has 10 heteroatoms. The number of aromatic nitrogens is 4. The Morgan fingerprint density at radius 2 is 1.85 bits per heavy atom. The first-order valence-electron chi connectivity index (χ1n) is 13.8. The van der Waals surface area contributed by atoms with Gasteiger partial charge in [-0.05, 0) is 83.6 Å². The molecule has 1 aromatic carbocycles. The molecule has 2 aliphatic heterocycles. The van der Waals surface area contributed by atoms with Crippen LogP contribution in [0.2, 0.25) is 0 Å². The summed E-state index contributed by atoms with van der Waals surface area (Å²) in [6, 6.07) is 6.39. The van der Waals surface area contributed by atoms with E-state index in [9.17, 15) is 9.90 Å². The van der Waals surface area contributed by atoms with E-state index in [0.29, 0.717) is 50.3 Å². The largest absolute Gasteiger partial charge is 0.444 e. The minimum atomic E-state index is -0.624. The Labute approximate surface area is 229 Å². The van der Waals surface area contributed by atoms with Crippen LogP contribution in [0.3, 0.4) is 0 Å². The number of carbonyl (C=O) groups excluding carboxylic acids is 1. The summed E-state index contributed by atoms with van der Waals surface area (Å²) in [5.41, 5.74) is 2.39. The number of anilines is 1. The van der Waals surface area contributed by atoms with Crippen molar-refractivity contribution in [3.05, 3.63) is 41.3 Å². The van der Waals surface area contributed by atoms with E-state index in [0.717, 1.165) is 29.6 Å². The molecule has 2 saturated heterocycles. The zero-order valence-electron chi connectivity index (χ0n) is 23.9. The Kier molecular flexibility index (Phi) is 7.28. The molecule has 0 spiro atoms. The van der Waals surface area contributed by atoms with Crippen LogP contribution in [0.15, 0.2) is 24.4 Å². The first kappa shape index (κ1) is 27.3. The third kappa shape index (κ3) is 5.86. The Balaban J connectivity index is 1.41. The monoisotopic (exact) mass is 536 g/mol. The molecule has 1 N–H and O–H groups in total. The van der Waals surface area contributed by atoms with Crippen LogP contribution in [-0.2, 0) is 9.47 Å². The number of aliphatic hydroxyl groups is 1. The molecule has 4 heterocycles. The van der Waals surface area contributed by atoms with E-state index in [1.165, 1.54) is 11.1 Å². The lowest BCUT2D eigenvalue weighted by atomic mass is 9.86. The lowest BCUT2D eigenvalue weighted by Gasteiger charge is -2.40. The van der Waals surface area contributed by atoms with Crippen LogP contribution in [-0.4, -0.2) is 86.4 Å². The van der Waals surface area contributed by atoms with Gasteiger partial charge in [-0.25, -0.2) is 19.4 Å². The number of hydrogen-bond acceptors (Lipinski definition) is 8. The van der Waals surface area contributed by atoms with E-state index in [4.69, 9.17) is 19.6 Å². The molecule has 39 heavy (non-hydrogen) atoms. The Morgan fingerprint density at radius 3 is 2.54 bits per heavy atom. The summed E-state index contributed by atoms with van der Waals surface area (Å²) in [4.78, 5) is 25.9. The highest BCUT2D eigenvalue weighted by Gasteiger charge is 2.33. The third-order valence-electron chi connectivity index (χ3n) is 7.57. The number of benzene rings is 1. The molecule has 1 amide bonds. The average Bonchev–Trinajstić information content (AvgIpc) is 3.29. The second-order valence-electron chi connectivity index (χ2n) is 12.1. The zero-order chi connectivity index (χ0) is 27.9. The maximum atomic E-state index is 12.5. The first-order valence-corrected chi connectivity index (χ1v) is 13.8. The van der Waals surface area contributed by atoms with Crippen molar-refractivity contribution in [2.45, 2.75) is 71.5 Å². The summed E-state index contributed by atoms with van der Waals surface area (Å²) in [7, 11) is 0. The second kappa shape index (κ2) is 10.4. The highest BCUT2D eigenvalue weighted by atomic mass is 16.6. The van der Waals surface area contributed by atoms with E-state index in [1.807, 2.05) is 56.5 Å². The van der Waals surface area contributed by atoms with E-state index in [2.05, 4.69) is 28.9 Å². The molecular formula is C29H40N6O4. The maximum Gasteiger partial charge on any atom is 0.410 e. The molecule has 0 radical (unpaired) electrons. The van der Waals surface area contributed by atoms with Gasteiger partial charge in [0.2, 0.25) is 0 Å². The molecule has 210 valence electrons. The van der Waals surface area contributed by atoms with Crippen molar-refractivity contribution < 1.29 is 19.4 Å². The highest BCUT2D eigenvalue weighted by Crippen LogP contribution is 2.34. The van der Waals surface area contributed by atoms with Gasteiger partial charge in [-0.1, -0.05) is 0 Å². The molecule has 0 aliphatic carbocycles. The third-order valence-corrected chi connectivity index (χ3v) is 7.57. The van der Waals surface area contributed by atoms with Crippen molar-refractivity contribution in [2.75, 3.05) is 44.3 Å². The van der Waals surface area contributed by atoms with Crippen LogP contribution in [0, 0.1) is 13.8 Å². The minimum absolute atomic E-state index is 0.0525. The first-order chi connectivity index (χ1) is 18.4. The van der Waals surface area contributed by atoms with Gasteiger partial charge in [-0.3, -0.25) is 0 Å². The average molecular weight is 537 g/mol. The van der Waals surface area contributed by atoms with Crippen LogP contribution < -0.4 is 4.90 Å². The van der Waals surface area contributed by atoms with Gasteiger partial charge in [-0.2, -0.15) is 5.10 Å². The smallest absolute Gasteiger partial charge is 0.410 e. The zero-order valence-corrected chi connectivity index (χ0v) is 23.9. The van der Waals surface area contributed by atoms with Crippen LogP contribution in [0.25, 0.3) is 16.7 Å². The van der Waals surface area contributed by atoms with Crippen molar-refractivity contribution in [3.8, 4) is 5.82 Å². The number of aliphatic hydroxyl groups excluding tert-OH is 1. The maximum absolute atomic E-state index is 12.5. The molecule has 1 atom stereocenters. The molecular weight excluding hydrogens is 496 g/mol. The predicted octanol–water partition coefficient (Wildman–Crippen LogP) is 4.13. The quantitative estimate of drug-likeness (QED) is 0.531. The number of hydrogen-bond donors (Lipinski definition) is 1. The van der Waals surface area contributed by atoms with Gasteiger partial charge in [0.25, 0.3) is 0 Å². The van der Waals surface area contributed by atoms with Gasteiger partial charge in [0.15, 0.2) is 5.82 Å². The number of rotatable bonds is 4. The highest BCUT2D eigenvalue weighted by molar-refractivity contribution is 5.82. The van der Waals surface area contributed by atoms with Gasteiger partial charge in [0, 0.05) is 31.1 Å². The fraction of sp³-hybridized carbons (Fsp3) is 0.586. The standard InChI is InChI=1S/C29H40N6O4/c1-19-13-22-16-30-35(26-15-25(31-20(2)32-26)34-11-12-38-29(6,17-34)18-36)24(22)14-23(19)21-7-9-33(10-8-21)27(37)39-28(3,4)5/h13-16,21,36H,7-12,17-18H2,1-6H3. The number of fused-ring (bicyclic) bond motifs is 1. The lowest BCUT2D eigenvalue weighted by Crippen LogP contribution is -2.52. The van der Waals surface area contributed by atoms with Crippen LogP contribution in [0.5, 0.6) is 0 Å². The van der Waals surface area contributed by atoms with Crippen LogP contribution in [0.4, 0.5) is 10.6 Å². The van der Waals surface area contributed by atoms with Crippen molar-refractivity contribution in [3.63, 3.8) is 0 Å². The summed E-state index contributed by atoms with van der Waals surface area (Å²) < 4.78 is 13.3. The fourth-order valence-electron chi connectivity index (χ4n) is 5.55. The van der Waals surface area contributed by atoms with Gasteiger partial charge in [-0.15, -0.1) is 0 Å². The normalized spacial score (nSPS) is 21.0. The lowest BCUT2D eigenvalue weighted by molar-refractivity contribution is -0.0745. The number of nitrogens with zero attached hydrogens (tertiary/aromatic N) is 6. The Morgan fingerprint density at radius 1 is 1.13 bits per heavy atom. The SMILES string of the molecule is Cc1nc(N2CCOC(C)(CO)C2)cc(-n2ncc3cc(C)c(C4CCN(C(=O)OC(C)(C)C)CC4)cc32)n1. The van der Waals surface area contributed by atoms with Crippen LogP contribution in [0.1, 0.15) is 63.4 Å². The number of ether oxygens (including phenoxy) is 2. The summed E-state index contributed by atoms with van der Waals surface area (Å²) in [6.45, 7) is 14.7. The van der Waals surface area contributed by atoms with Gasteiger partial charge < -0.3 is 24.4 Å². The Hall–Kier alpha value is -3.24. The molecule has 3 aromatic rings. The molecule has 0 saturated carbocycles. The van der Waals surface area contributed by atoms with Crippen molar-refractivity contribution in [1.29, 1.82) is 0 Å². The summed E-state index contributed by atoms with van der Waals surface area (Å²) in [6.07, 6.45) is 3.42. The van der Waals surface area contributed by atoms with Gasteiger partial charge in [0.1, 0.15) is 22.8 Å². The summed E-state index contributed by atoms with van der Waals surface area (Å²) in [5, 5.41) is 15.6. The van der Waals surface area contributed by atoms with E-state index in [1.54, 1.807) is 0 Å². The Bertz CT molecular complexity index is 1360. The summed E-state index contributed by atoms with van der Waals surface area (Å²) in [5.74, 6) is 2.51. The molecule has 0 bridgehead atoms. The van der Waals surface area contributed by atoms with Crippen molar-refractivity contribution in [2.24, 2.45) is 0 Å². The molecule has 2 fully saturated rings. The summed E-state index contributed by atoms with van der Waals surface area (Å²) >= 11 is 0. The van der Waals surface area contributed by atoms with E-state index >= 15 is 0 Å². The van der Waals surface area contributed by atoms with E-state index < -0.39 is 11.2 Å². The van der Waals surface area contributed by atoms with Crippen LogP contribution >= 0.6 is 0 Å². The van der Waals surface area contributed by atoms with Crippen molar-refractivity contribution >= 4 is 22.8 Å². The number of aryl methyl sites for hydroxylation is 2. The molecule has 1 unspecified atom stereocenters. The predicted molar refractivity (Wildman–Crippen MR) is 150 cm³/mol. The van der Waals surface area contributed by atoms with Gasteiger partial charge in [0.05, 0.1) is 31.5 Å². The minimum Gasteiger partial charge on any atom is -0.444 e. The molecule has 10 nitrogen and oxygen atoms in total. The molecule has 2 aliphatic rings. The second-order valence-corrected chi connectivity index (χ2v) is 12.1. The van der Waals surface area contributed by atoms with E-state index in [-0.39, 0.29) is 12.7 Å². The number of likely N-dealkylation sites (tertiary alicyclic amines) is 1. The number of carbonyl (C=O) groups is 1. The number of morpholine rings is 1. The van der Waals surface area contributed by atoms with Gasteiger partial charge >= 0.3 is 6.09 Å². The van der Waals surface area contributed by atoms with Crippen molar-refractivity contribution in [1.82, 2.24) is 24.6 Å².